The number of rotatable bonds is 5. The molecule has 0 N–H and O–H groups in total. The van der Waals surface area contributed by atoms with Gasteiger partial charge in [-0.05, 0) is 19.3 Å². The van der Waals surface area contributed by atoms with Gasteiger partial charge < -0.3 is 4.65 Å². The van der Waals surface area contributed by atoms with Gasteiger partial charge in [-0.25, -0.2) is 0 Å². The van der Waals surface area contributed by atoms with Crippen molar-refractivity contribution >= 4 is 6.92 Å². The molecule has 2 heteroatoms. The fourth-order valence-corrected chi connectivity index (χ4v) is 1.02. The molecule has 0 saturated heterocycles. The van der Waals surface area contributed by atoms with Gasteiger partial charge in [-0.3, -0.25) is 0 Å². The molecule has 0 amide bonds. The van der Waals surface area contributed by atoms with Crippen LogP contribution in [-0.4, -0.2) is 12.5 Å². The Kier molecular flexibility index (Phi) is 5.28. The molecule has 0 aromatic rings. The number of hydrogen-bond acceptors (Lipinski definition) is 1. The third-order valence-corrected chi connectivity index (χ3v) is 3.25. The summed E-state index contributed by atoms with van der Waals surface area (Å²) in [5.74, 6) is 0. The summed E-state index contributed by atoms with van der Waals surface area (Å²) in [6.45, 7) is 20.5. The first-order valence-electron chi connectivity index (χ1n) is 5.77. The third kappa shape index (κ3) is 4.40. The molecule has 0 aliphatic rings. The second-order valence-electron chi connectivity index (χ2n) is 5.69. The van der Waals surface area contributed by atoms with Crippen LogP contribution in [0.3, 0.4) is 0 Å². The minimum absolute atomic E-state index is 0.0189. The van der Waals surface area contributed by atoms with E-state index in [2.05, 4.69) is 47.8 Å². The van der Waals surface area contributed by atoms with Gasteiger partial charge in [0.15, 0.2) is 0 Å². The van der Waals surface area contributed by atoms with Crippen LogP contribution in [0.5, 0.6) is 0 Å². The molecule has 0 aromatic heterocycles. The molecule has 0 aromatic carbocycles. The molecular formula is C14H25BO. The molecule has 0 radical (unpaired) electrons. The van der Waals surface area contributed by atoms with Gasteiger partial charge in [0.25, 0.3) is 0 Å². The van der Waals surface area contributed by atoms with E-state index >= 15 is 0 Å². The SMILES string of the molecule is C=C/C=C\C(=C)B(C)OC(C)(C)C(C)(C)C. The van der Waals surface area contributed by atoms with Crippen LogP contribution in [0.2, 0.25) is 6.82 Å². The third-order valence-electron chi connectivity index (χ3n) is 3.25. The van der Waals surface area contributed by atoms with Crippen molar-refractivity contribution < 1.29 is 4.65 Å². The minimum atomic E-state index is -0.183. The van der Waals surface area contributed by atoms with Gasteiger partial charge in [0.05, 0.1) is 5.60 Å². The zero-order valence-electron chi connectivity index (χ0n) is 11.6. The first-order chi connectivity index (χ1) is 7.12. The van der Waals surface area contributed by atoms with Crippen molar-refractivity contribution in [2.45, 2.75) is 47.0 Å². The van der Waals surface area contributed by atoms with Crippen molar-refractivity contribution in [2.75, 3.05) is 0 Å². The summed E-state index contributed by atoms with van der Waals surface area (Å²) in [6.07, 6.45) is 5.56. The van der Waals surface area contributed by atoms with Gasteiger partial charge in [0.1, 0.15) is 0 Å². The Morgan fingerprint density at radius 2 is 1.69 bits per heavy atom. The van der Waals surface area contributed by atoms with Crippen LogP contribution in [0.4, 0.5) is 0 Å². The van der Waals surface area contributed by atoms with Crippen LogP contribution in [-0.2, 0) is 4.65 Å². The lowest BCUT2D eigenvalue weighted by Gasteiger charge is -2.40. The Hall–Kier alpha value is -0.755. The Morgan fingerprint density at radius 1 is 1.19 bits per heavy atom. The van der Waals surface area contributed by atoms with Gasteiger partial charge in [-0.1, -0.05) is 57.9 Å². The fraction of sp³-hybridized carbons (Fsp3) is 0.571. The zero-order chi connectivity index (χ0) is 13.0. The summed E-state index contributed by atoms with van der Waals surface area (Å²) < 4.78 is 6.08. The van der Waals surface area contributed by atoms with E-state index in [9.17, 15) is 0 Å². The Labute approximate surface area is 101 Å². The van der Waals surface area contributed by atoms with Gasteiger partial charge in [-0.2, -0.15) is 0 Å². The highest BCUT2D eigenvalue weighted by Gasteiger charge is 2.35. The number of allylic oxidation sites excluding steroid dienone is 4. The highest BCUT2D eigenvalue weighted by molar-refractivity contribution is 6.59. The van der Waals surface area contributed by atoms with E-state index in [4.69, 9.17) is 4.65 Å². The summed E-state index contributed by atoms with van der Waals surface area (Å²) in [6, 6.07) is 0. The Morgan fingerprint density at radius 3 is 2.06 bits per heavy atom. The molecular weight excluding hydrogens is 195 g/mol. The summed E-state index contributed by atoms with van der Waals surface area (Å²) in [5, 5.41) is 0. The highest BCUT2D eigenvalue weighted by Crippen LogP contribution is 2.34. The van der Waals surface area contributed by atoms with E-state index in [0.29, 0.717) is 0 Å². The lowest BCUT2D eigenvalue weighted by atomic mass is 9.61. The van der Waals surface area contributed by atoms with E-state index in [-0.39, 0.29) is 17.9 Å². The van der Waals surface area contributed by atoms with E-state index in [1.165, 1.54) is 0 Å². The zero-order valence-corrected chi connectivity index (χ0v) is 11.6. The molecule has 0 bridgehead atoms. The summed E-state index contributed by atoms with van der Waals surface area (Å²) >= 11 is 0. The molecule has 1 nitrogen and oxygen atoms in total. The van der Waals surface area contributed by atoms with Crippen molar-refractivity contribution in [2.24, 2.45) is 5.41 Å². The standard InChI is InChI=1S/C14H25BO/c1-9-10-11-12(2)15(8)16-14(6,7)13(3,4)5/h9-11H,1-2H2,3-8H3/b11-10-. The molecule has 0 aliphatic carbocycles. The van der Waals surface area contributed by atoms with Crippen LogP contribution < -0.4 is 0 Å². The normalized spacial score (nSPS) is 12.9. The second-order valence-corrected chi connectivity index (χ2v) is 5.69. The Balaban J connectivity index is 4.56. The molecule has 0 unspecified atom stereocenters. The van der Waals surface area contributed by atoms with Crippen molar-refractivity contribution in [3.63, 3.8) is 0 Å². The predicted molar refractivity (Wildman–Crippen MR) is 74.7 cm³/mol. The Bertz CT molecular complexity index is 282. The quantitative estimate of drug-likeness (QED) is 0.496. The largest absolute Gasteiger partial charge is 0.426 e. The van der Waals surface area contributed by atoms with E-state index in [0.717, 1.165) is 5.47 Å². The van der Waals surface area contributed by atoms with E-state index in [1.807, 2.05) is 19.0 Å². The summed E-state index contributed by atoms with van der Waals surface area (Å²) in [7, 11) is 0. The molecule has 90 valence electrons. The average Bonchev–Trinajstić information content (AvgIpc) is 2.11. The number of hydrogen-bond donors (Lipinski definition) is 0. The van der Waals surface area contributed by atoms with Crippen LogP contribution in [0.1, 0.15) is 34.6 Å². The van der Waals surface area contributed by atoms with Crippen molar-refractivity contribution in [1.82, 2.24) is 0 Å². The smallest absolute Gasteiger partial charge is 0.323 e. The van der Waals surface area contributed by atoms with Gasteiger partial charge in [-0.15, -0.1) is 6.58 Å². The highest BCUT2D eigenvalue weighted by atomic mass is 16.5. The molecule has 0 spiro atoms. The van der Waals surface area contributed by atoms with Gasteiger partial charge >= 0.3 is 6.92 Å². The van der Waals surface area contributed by atoms with Crippen molar-refractivity contribution in [3.05, 3.63) is 36.9 Å². The molecule has 0 fully saturated rings. The van der Waals surface area contributed by atoms with Gasteiger partial charge in [0, 0.05) is 0 Å². The van der Waals surface area contributed by atoms with E-state index < -0.39 is 0 Å². The maximum absolute atomic E-state index is 6.08. The molecule has 16 heavy (non-hydrogen) atoms. The van der Waals surface area contributed by atoms with E-state index in [1.54, 1.807) is 6.08 Å². The lowest BCUT2D eigenvalue weighted by Crippen LogP contribution is -2.43. The minimum Gasteiger partial charge on any atom is -0.426 e. The fourth-order valence-electron chi connectivity index (χ4n) is 1.02. The molecule has 0 aliphatic heterocycles. The average molecular weight is 220 g/mol. The summed E-state index contributed by atoms with van der Waals surface area (Å²) in [4.78, 5) is 0. The maximum Gasteiger partial charge on any atom is 0.323 e. The summed E-state index contributed by atoms with van der Waals surface area (Å²) in [5.41, 5.74) is 0.887. The van der Waals surface area contributed by atoms with Crippen molar-refractivity contribution in [3.8, 4) is 0 Å². The molecule has 0 atom stereocenters. The predicted octanol–water partition coefficient (Wildman–Crippen LogP) is 4.29. The van der Waals surface area contributed by atoms with Crippen LogP contribution in [0.15, 0.2) is 36.9 Å². The topological polar surface area (TPSA) is 9.23 Å². The maximum atomic E-state index is 6.08. The molecule has 0 rings (SSSR count). The first-order valence-corrected chi connectivity index (χ1v) is 5.77. The molecule has 0 heterocycles. The lowest BCUT2D eigenvalue weighted by molar-refractivity contribution is -0.000207. The van der Waals surface area contributed by atoms with Crippen LogP contribution >= 0.6 is 0 Å². The van der Waals surface area contributed by atoms with Crippen LogP contribution in [0.25, 0.3) is 0 Å². The monoisotopic (exact) mass is 220 g/mol. The van der Waals surface area contributed by atoms with Gasteiger partial charge in [0.2, 0.25) is 0 Å². The second kappa shape index (κ2) is 5.54. The van der Waals surface area contributed by atoms with Crippen molar-refractivity contribution in [1.29, 1.82) is 0 Å². The molecule has 0 saturated carbocycles. The van der Waals surface area contributed by atoms with Crippen LogP contribution in [0, 0.1) is 5.41 Å². The first kappa shape index (κ1) is 15.2.